The zero-order chi connectivity index (χ0) is 18.4. The minimum atomic E-state index is -0.203. The Morgan fingerprint density at radius 3 is 2.81 bits per heavy atom. The molecule has 2 aromatic carbocycles. The summed E-state index contributed by atoms with van der Waals surface area (Å²) in [6.45, 7) is 6.31. The molecule has 5 nitrogen and oxygen atoms in total. The van der Waals surface area contributed by atoms with Gasteiger partial charge < -0.3 is 10.1 Å². The second-order valence-electron chi connectivity index (χ2n) is 6.02. The van der Waals surface area contributed by atoms with Crippen molar-refractivity contribution in [1.82, 2.24) is 9.78 Å². The first-order valence-corrected chi connectivity index (χ1v) is 8.35. The highest BCUT2D eigenvalue weighted by molar-refractivity contribution is 5.95. The summed E-state index contributed by atoms with van der Waals surface area (Å²) < 4.78 is 7.29. The van der Waals surface area contributed by atoms with E-state index in [0.717, 1.165) is 22.0 Å². The number of anilines is 1. The Bertz CT molecular complexity index is 943. The van der Waals surface area contributed by atoms with Crippen LogP contribution in [0.3, 0.4) is 0 Å². The number of nitrogens with one attached hydrogen (secondary N) is 1. The molecule has 0 aliphatic carbocycles. The van der Waals surface area contributed by atoms with Crippen molar-refractivity contribution in [1.29, 1.82) is 0 Å². The van der Waals surface area contributed by atoms with Gasteiger partial charge in [-0.05, 0) is 47.5 Å². The molecule has 3 rings (SSSR count). The number of allylic oxidation sites excluding steroid dienone is 3. The van der Waals surface area contributed by atoms with Gasteiger partial charge in [-0.3, -0.25) is 9.48 Å². The number of fused-ring (bicyclic) bond motifs is 1. The first kappa shape index (κ1) is 17.5. The van der Waals surface area contributed by atoms with Crippen molar-refractivity contribution in [2.45, 2.75) is 13.5 Å². The van der Waals surface area contributed by atoms with E-state index in [-0.39, 0.29) is 12.5 Å². The minimum Gasteiger partial charge on any atom is -0.488 e. The normalized spacial score (nSPS) is 11.3. The second kappa shape index (κ2) is 8.16. The van der Waals surface area contributed by atoms with E-state index in [2.05, 4.69) is 17.0 Å². The van der Waals surface area contributed by atoms with Crippen LogP contribution in [0.5, 0.6) is 0 Å². The van der Waals surface area contributed by atoms with E-state index in [1.807, 2.05) is 60.8 Å². The number of amides is 1. The first-order valence-electron chi connectivity index (χ1n) is 8.35. The van der Waals surface area contributed by atoms with Crippen LogP contribution in [0.1, 0.15) is 6.92 Å². The van der Waals surface area contributed by atoms with Crippen molar-refractivity contribution in [2.75, 3.05) is 11.9 Å². The number of carbonyl (C=O) groups excluding carboxylic acids is 1. The van der Waals surface area contributed by atoms with E-state index >= 15 is 0 Å². The minimum absolute atomic E-state index is 0.0514. The highest BCUT2D eigenvalue weighted by Crippen LogP contribution is 2.18. The van der Waals surface area contributed by atoms with E-state index in [0.29, 0.717) is 12.3 Å². The number of hydrogen-bond acceptors (Lipinski definition) is 3. The van der Waals surface area contributed by atoms with Gasteiger partial charge in [-0.15, -0.1) is 0 Å². The van der Waals surface area contributed by atoms with Gasteiger partial charge in [0, 0.05) is 18.1 Å². The maximum absolute atomic E-state index is 12.1. The molecule has 0 aliphatic heterocycles. The lowest BCUT2D eigenvalue weighted by Gasteiger charge is -2.09. The summed E-state index contributed by atoms with van der Waals surface area (Å²) in [6, 6.07) is 15.7. The SMILES string of the molecule is C=C(/C=C(\C)OCC(=O)Nc1ccc2ccccc2c1)Cn1cccn1. The van der Waals surface area contributed by atoms with Crippen LogP contribution in [0, 0.1) is 0 Å². The average molecular weight is 347 g/mol. The molecule has 5 heteroatoms. The van der Waals surface area contributed by atoms with E-state index < -0.39 is 0 Å². The summed E-state index contributed by atoms with van der Waals surface area (Å²) >= 11 is 0. The van der Waals surface area contributed by atoms with Crippen molar-refractivity contribution in [3.05, 3.63) is 84.9 Å². The van der Waals surface area contributed by atoms with Gasteiger partial charge in [0.15, 0.2) is 6.61 Å². The van der Waals surface area contributed by atoms with Crippen LogP contribution in [-0.2, 0) is 16.1 Å². The number of ether oxygens (including phenoxy) is 1. The van der Waals surface area contributed by atoms with Gasteiger partial charge in [0.2, 0.25) is 0 Å². The van der Waals surface area contributed by atoms with E-state index in [1.54, 1.807) is 17.8 Å². The zero-order valence-corrected chi connectivity index (χ0v) is 14.7. The van der Waals surface area contributed by atoms with Gasteiger partial charge in [0.25, 0.3) is 5.91 Å². The Morgan fingerprint density at radius 1 is 1.23 bits per heavy atom. The smallest absolute Gasteiger partial charge is 0.262 e. The second-order valence-corrected chi connectivity index (χ2v) is 6.02. The molecular weight excluding hydrogens is 326 g/mol. The van der Waals surface area contributed by atoms with Crippen LogP contribution in [0.2, 0.25) is 0 Å². The standard InChI is InChI=1S/C21H21N3O2/c1-16(14-24-11-5-10-22-24)12-17(2)26-15-21(25)23-20-9-8-18-6-3-4-7-19(18)13-20/h3-13H,1,14-15H2,2H3,(H,23,25)/b17-12+. The van der Waals surface area contributed by atoms with Gasteiger partial charge in [0.05, 0.1) is 12.3 Å². The third-order valence-corrected chi connectivity index (χ3v) is 3.80. The fourth-order valence-electron chi connectivity index (χ4n) is 2.62. The summed E-state index contributed by atoms with van der Waals surface area (Å²) in [7, 11) is 0. The highest BCUT2D eigenvalue weighted by atomic mass is 16.5. The number of rotatable bonds is 7. The van der Waals surface area contributed by atoms with Crippen molar-refractivity contribution in [3.8, 4) is 0 Å². The predicted molar refractivity (Wildman–Crippen MR) is 104 cm³/mol. The molecule has 1 amide bonds. The molecule has 132 valence electrons. The summed E-state index contributed by atoms with van der Waals surface area (Å²) in [5.41, 5.74) is 1.60. The zero-order valence-electron chi connectivity index (χ0n) is 14.7. The monoisotopic (exact) mass is 347 g/mol. The van der Waals surface area contributed by atoms with E-state index in [1.165, 1.54) is 0 Å². The molecule has 0 radical (unpaired) electrons. The summed E-state index contributed by atoms with van der Waals surface area (Å²) in [5, 5.41) is 9.20. The predicted octanol–water partition coefficient (Wildman–Crippen LogP) is 4.15. The molecule has 0 saturated carbocycles. The Morgan fingerprint density at radius 2 is 2.04 bits per heavy atom. The van der Waals surface area contributed by atoms with Crippen LogP contribution in [0.25, 0.3) is 10.8 Å². The van der Waals surface area contributed by atoms with Gasteiger partial charge in [-0.2, -0.15) is 5.10 Å². The Kier molecular flexibility index (Phi) is 5.49. The molecule has 0 bridgehead atoms. The largest absolute Gasteiger partial charge is 0.488 e. The number of benzene rings is 2. The van der Waals surface area contributed by atoms with Crippen molar-refractivity contribution >= 4 is 22.4 Å². The third-order valence-electron chi connectivity index (χ3n) is 3.80. The van der Waals surface area contributed by atoms with Crippen LogP contribution in [-0.4, -0.2) is 22.3 Å². The Labute approximate surface area is 152 Å². The lowest BCUT2D eigenvalue weighted by molar-refractivity contribution is -0.119. The van der Waals surface area contributed by atoms with Crippen molar-refractivity contribution < 1.29 is 9.53 Å². The van der Waals surface area contributed by atoms with Crippen LogP contribution < -0.4 is 5.32 Å². The van der Waals surface area contributed by atoms with Crippen LogP contribution in [0.15, 0.2) is 84.9 Å². The Balaban J connectivity index is 1.51. The van der Waals surface area contributed by atoms with Crippen molar-refractivity contribution in [2.24, 2.45) is 0 Å². The number of aromatic nitrogens is 2. The quantitative estimate of drug-likeness (QED) is 0.516. The number of nitrogens with zero attached hydrogens (tertiary/aromatic N) is 2. The molecule has 1 heterocycles. The van der Waals surface area contributed by atoms with Crippen LogP contribution >= 0.6 is 0 Å². The lowest BCUT2D eigenvalue weighted by atomic mass is 10.1. The third kappa shape index (κ3) is 4.83. The van der Waals surface area contributed by atoms with E-state index in [9.17, 15) is 4.79 Å². The van der Waals surface area contributed by atoms with Gasteiger partial charge in [-0.25, -0.2) is 0 Å². The van der Waals surface area contributed by atoms with Crippen LogP contribution in [0.4, 0.5) is 5.69 Å². The fraction of sp³-hybridized carbons (Fsp3) is 0.143. The molecule has 0 fully saturated rings. The maximum atomic E-state index is 12.1. The van der Waals surface area contributed by atoms with Crippen molar-refractivity contribution in [3.63, 3.8) is 0 Å². The summed E-state index contributed by atoms with van der Waals surface area (Å²) in [5.74, 6) is 0.432. The molecule has 1 aromatic heterocycles. The fourth-order valence-corrected chi connectivity index (χ4v) is 2.62. The number of carbonyl (C=O) groups is 1. The molecule has 3 aromatic rings. The molecule has 0 spiro atoms. The van der Waals surface area contributed by atoms with Gasteiger partial charge >= 0.3 is 0 Å². The lowest BCUT2D eigenvalue weighted by Crippen LogP contribution is -2.17. The first-order chi connectivity index (χ1) is 12.6. The van der Waals surface area contributed by atoms with E-state index in [4.69, 9.17) is 4.74 Å². The molecule has 1 N–H and O–H groups in total. The molecule has 0 unspecified atom stereocenters. The van der Waals surface area contributed by atoms with Gasteiger partial charge in [-0.1, -0.05) is 36.9 Å². The molecular formula is C21H21N3O2. The molecule has 0 atom stereocenters. The average Bonchev–Trinajstić information content (AvgIpc) is 3.12. The Hall–Kier alpha value is -3.34. The molecule has 0 aliphatic rings. The highest BCUT2D eigenvalue weighted by Gasteiger charge is 2.05. The molecule has 0 saturated heterocycles. The summed E-state index contributed by atoms with van der Waals surface area (Å²) in [4.78, 5) is 12.1. The summed E-state index contributed by atoms with van der Waals surface area (Å²) in [6.07, 6.45) is 5.40. The maximum Gasteiger partial charge on any atom is 0.262 e. The topological polar surface area (TPSA) is 56.1 Å². The molecule has 26 heavy (non-hydrogen) atoms. The number of hydrogen-bond donors (Lipinski definition) is 1. The van der Waals surface area contributed by atoms with Gasteiger partial charge in [0.1, 0.15) is 0 Å².